The van der Waals surface area contributed by atoms with E-state index in [0.717, 1.165) is 96.3 Å². The Morgan fingerprint density at radius 3 is 1.48 bits per heavy atom. The van der Waals surface area contributed by atoms with Crippen molar-refractivity contribution in [3.8, 4) is 0 Å². The number of allylic oxidation sites excluding steroid dienone is 10. The molecule has 0 fully saturated rings. The number of aliphatic hydroxyl groups is 2. The summed E-state index contributed by atoms with van der Waals surface area (Å²) < 4.78 is 5.89. The maximum absolute atomic E-state index is 13.1. The summed E-state index contributed by atoms with van der Waals surface area (Å²) in [7, 11) is 0. The van der Waals surface area contributed by atoms with E-state index < -0.39 is 18.2 Å². The number of esters is 1. The number of carbonyl (C=O) groups is 2. The van der Waals surface area contributed by atoms with Crippen LogP contribution in [-0.2, 0) is 14.3 Å². The quantitative estimate of drug-likeness (QED) is 0.0247. The number of hydrogen-bond donors (Lipinski definition) is 3. The van der Waals surface area contributed by atoms with E-state index in [-0.39, 0.29) is 24.9 Å². The highest BCUT2D eigenvalue weighted by Gasteiger charge is 2.24. The van der Waals surface area contributed by atoms with Crippen molar-refractivity contribution in [3.63, 3.8) is 0 Å². The van der Waals surface area contributed by atoms with Gasteiger partial charge >= 0.3 is 5.97 Å². The molecule has 3 N–H and O–H groups in total. The third kappa shape index (κ3) is 40.3. The van der Waals surface area contributed by atoms with E-state index in [2.05, 4.69) is 86.8 Å². The Bertz CT molecular complexity index is 1050. The Kier molecular flexibility index (Phi) is 43.7. The number of ether oxygens (including phenoxy) is 1. The monoisotopic (exact) mass is 812 g/mol. The third-order valence-corrected chi connectivity index (χ3v) is 10.9. The Balaban J connectivity index is 4.55. The molecule has 6 heteroatoms. The van der Waals surface area contributed by atoms with Crippen molar-refractivity contribution in [3.05, 3.63) is 60.8 Å². The molecule has 0 rings (SSSR count). The first-order valence-corrected chi connectivity index (χ1v) is 24.6. The average Bonchev–Trinajstić information content (AvgIpc) is 3.22. The van der Waals surface area contributed by atoms with Crippen LogP contribution in [0.15, 0.2) is 60.8 Å². The Morgan fingerprint density at radius 2 is 0.914 bits per heavy atom. The van der Waals surface area contributed by atoms with Gasteiger partial charge in [0.25, 0.3) is 0 Å². The maximum Gasteiger partial charge on any atom is 0.306 e. The number of hydrogen-bond acceptors (Lipinski definition) is 5. The molecule has 58 heavy (non-hydrogen) atoms. The normalized spacial score (nSPS) is 13.8. The van der Waals surface area contributed by atoms with Crippen molar-refractivity contribution in [2.24, 2.45) is 0 Å². The van der Waals surface area contributed by atoms with E-state index in [1.165, 1.54) is 89.9 Å². The van der Waals surface area contributed by atoms with Gasteiger partial charge in [-0.3, -0.25) is 9.59 Å². The smallest absolute Gasteiger partial charge is 0.306 e. The molecule has 3 unspecified atom stereocenters. The minimum atomic E-state index is -0.795. The molecule has 6 nitrogen and oxygen atoms in total. The highest BCUT2D eigenvalue weighted by atomic mass is 16.5. The molecule has 1 amide bonds. The largest absolute Gasteiger partial charge is 0.462 e. The van der Waals surface area contributed by atoms with Crippen LogP contribution in [0.25, 0.3) is 0 Å². The van der Waals surface area contributed by atoms with Gasteiger partial charge in [0.2, 0.25) is 5.91 Å². The second kappa shape index (κ2) is 45.6. The van der Waals surface area contributed by atoms with Crippen molar-refractivity contribution < 1.29 is 24.5 Å². The molecule has 0 spiro atoms. The molecular weight excluding hydrogens is 719 g/mol. The number of aliphatic hydroxyl groups excluding tert-OH is 2. The SMILES string of the molecule is CCCC/C=C\CCCCCC(CC(=O)NC(CO)C(O)CCCCCCCCCCCCCC)OC(=O)CCCCCCC/C=C/C=C/C=C/C=C/CCCCC. The summed E-state index contributed by atoms with van der Waals surface area (Å²) in [6.45, 7) is 6.38. The zero-order chi connectivity index (χ0) is 42.4. The fourth-order valence-corrected chi connectivity index (χ4v) is 7.13. The molecule has 0 aromatic heterocycles. The van der Waals surface area contributed by atoms with Crippen LogP contribution in [0.4, 0.5) is 0 Å². The van der Waals surface area contributed by atoms with Crippen LogP contribution in [0.3, 0.4) is 0 Å². The lowest BCUT2D eigenvalue weighted by Gasteiger charge is -2.24. The van der Waals surface area contributed by atoms with E-state index in [0.29, 0.717) is 19.3 Å². The second-order valence-corrected chi connectivity index (χ2v) is 16.6. The van der Waals surface area contributed by atoms with Crippen molar-refractivity contribution >= 4 is 11.9 Å². The molecule has 0 heterocycles. The zero-order valence-electron chi connectivity index (χ0n) is 38.2. The topological polar surface area (TPSA) is 95.9 Å². The summed E-state index contributed by atoms with van der Waals surface area (Å²) in [6.07, 6.45) is 55.6. The van der Waals surface area contributed by atoms with Gasteiger partial charge in [0.1, 0.15) is 6.10 Å². The van der Waals surface area contributed by atoms with E-state index in [4.69, 9.17) is 4.74 Å². The molecule has 0 aliphatic carbocycles. The van der Waals surface area contributed by atoms with Crippen molar-refractivity contribution in [2.45, 2.75) is 251 Å². The van der Waals surface area contributed by atoms with Gasteiger partial charge in [-0.1, -0.05) is 210 Å². The molecule has 3 atom stereocenters. The lowest BCUT2D eigenvalue weighted by atomic mass is 10.0. The Hall–Kier alpha value is -2.44. The van der Waals surface area contributed by atoms with Gasteiger partial charge in [-0.2, -0.15) is 0 Å². The van der Waals surface area contributed by atoms with E-state index in [1.54, 1.807) is 0 Å². The van der Waals surface area contributed by atoms with Crippen LogP contribution in [0, 0.1) is 0 Å². The molecule has 0 radical (unpaired) electrons. The fraction of sp³-hybridized carbons (Fsp3) is 0.769. The number of unbranched alkanes of at least 4 members (excludes halogenated alkanes) is 24. The van der Waals surface area contributed by atoms with Gasteiger partial charge in [-0.15, -0.1) is 0 Å². The molecule has 0 aromatic rings. The summed E-state index contributed by atoms with van der Waals surface area (Å²) in [6, 6.07) is -0.711. The average molecular weight is 812 g/mol. The predicted molar refractivity (Wildman–Crippen MR) is 250 cm³/mol. The summed E-state index contributed by atoms with van der Waals surface area (Å²) in [5, 5.41) is 23.7. The van der Waals surface area contributed by atoms with Gasteiger partial charge < -0.3 is 20.3 Å². The highest BCUT2D eigenvalue weighted by molar-refractivity contribution is 5.77. The van der Waals surface area contributed by atoms with Crippen LogP contribution in [-0.4, -0.2) is 46.9 Å². The second-order valence-electron chi connectivity index (χ2n) is 16.6. The maximum atomic E-state index is 13.1. The molecule has 0 saturated heterocycles. The summed E-state index contributed by atoms with van der Waals surface area (Å²) in [4.78, 5) is 26.0. The molecule has 0 aliphatic heterocycles. The van der Waals surface area contributed by atoms with E-state index >= 15 is 0 Å². The summed E-state index contributed by atoms with van der Waals surface area (Å²) in [5.41, 5.74) is 0. The van der Waals surface area contributed by atoms with Crippen LogP contribution < -0.4 is 5.32 Å². The standard InChI is InChI=1S/C52H93NO5/c1-4-7-10-13-16-19-21-23-24-25-26-27-28-30-33-36-39-42-45-52(57)58-48(43-40-37-34-31-18-15-12-9-6-3)46-51(56)53-49(47-54)50(55)44-41-38-35-32-29-22-20-17-14-11-8-5-2/h15-16,18-19,21,23-27,48-50,54-55H,4-14,17,20,22,28-47H2,1-3H3,(H,53,56)/b18-15-,19-16+,23-21+,25-24+,27-26+. The first kappa shape index (κ1) is 55.6. The molecule has 0 saturated carbocycles. The van der Waals surface area contributed by atoms with Crippen LogP contribution in [0.2, 0.25) is 0 Å². The summed E-state index contributed by atoms with van der Waals surface area (Å²) >= 11 is 0. The zero-order valence-corrected chi connectivity index (χ0v) is 38.2. The van der Waals surface area contributed by atoms with E-state index in [9.17, 15) is 19.8 Å². The Morgan fingerprint density at radius 1 is 0.500 bits per heavy atom. The van der Waals surface area contributed by atoms with Gasteiger partial charge in [0.15, 0.2) is 0 Å². The highest BCUT2D eigenvalue weighted by Crippen LogP contribution is 2.17. The number of nitrogens with one attached hydrogen (secondary N) is 1. The molecule has 0 aromatic carbocycles. The fourth-order valence-electron chi connectivity index (χ4n) is 7.13. The number of amides is 1. The summed E-state index contributed by atoms with van der Waals surface area (Å²) in [5.74, 6) is -0.520. The van der Waals surface area contributed by atoms with Gasteiger partial charge in [0.05, 0.1) is 25.2 Å². The van der Waals surface area contributed by atoms with Crippen LogP contribution in [0.1, 0.15) is 233 Å². The Labute approximate surface area is 358 Å². The van der Waals surface area contributed by atoms with Gasteiger partial charge in [-0.25, -0.2) is 0 Å². The van der Waals surface area contributed by atoms with Crippen molar-refractivity contribution in [1.29, 1.82) is 0 Å². The van der Waals surface area contributed by atoms with Crippen LogP contribution in [0.5, 0.6) is 0 Å². The van der Waals surface area contributed by atoms with Gasteiger partial charge in [0, 0.05) is 6.42 Å². The number of rotatable bonds is 43. The van der Waals surface area contributed by atoms with E-state index in [1.807, 2.05) is 0 Å². The first-order valence-electron chi connectivity index (χ1n) is 24.6. The van der Waals surface area contributed by atoms with Gasteiger partial charge in [-0.05, 0) is 70.6 Å². The molecular formula is C52H93NO5. The van der Waals surface area contributed by atoms with Crippen molar-refractivity contribution in [1.82, 2.24) is 5.32 Å². The van der Waals surface area contributed by atoms with Crippen LogP contribution >= 0.6 is 0 Å². The molecule has 336 valence electrons. The molecule has 0 bridgehead atoms. The lowest BCUT2D eigenvalue weighted by molar-refractivity contribution is -0.151. The predicted octanol–water partition coefficient (Wildman–Crippen LogP) is 14.5. The first-order chi connectivity index (χ1) is 28.5. The minimum Gasteiger partial charge on any atom is -0.462 e. The lowest BCUT2D eigenvalue weighted by Crippen LogP contribution is -2.46. The minimum absolute atomic E-state index is 0.0552. The molecule has 0 aliphatic rings. The third-order valence-electron chi connectivity index (χ3n) is 10.9. The van der Waals surface area contributed by atoms with Crippen molar-refractivity contribution in [2.75, 3.05) is 6.61 Å². The number of carbonyl (C=O) groups excluding carboxylic acids is 2.